The molecule has 1 amide bonds. The van der Waals surface area contributed by atoms with Crippen LogP contribution < -0.4 is 0 Å². The van der Waals surface area contributed by atoms with E-state index in [4.69, 9.17) is 6.42 Å². The first-order chi connectivity index (χ1) is 11.2. The number of pyridine rings is 1. The number of hydrogen-bond acceptors (Lipinski definition) is 4. The second kappa shape index (κ2) is 6.91. The predicted molar refractivity (Wildman–Crippen MR) is 87.7 cm³/mol. The highest BCUT2D eigenvalue weighted by Gasteiger charge is 2.39. The fourth-order valence-electron chi connectivity index (χ4n) is 3.20. The number of likely N-dealkylation sites (tertiary alicyclic amines) is 1. The van der Waals surface area contributed by atoms with Gasteiger partial charge in [-0.05, 0) is 25.0 Å². The van der Waals surface area contributed by atoms with Crippen LogP contribution in [0, 0.1) is 12.3 Å². The molecule has 120 valence electrons. The van der Waals surface area contributed by atoms with Gasteiger partial charge < -0.3 is 4.90 Å². The summed E-state index contributed by atoms with van der Waals surface area (Å²) in [6, 6.07) is 5.98. The molecule has 1 aromatic heterocycles. The van der Waals surface area contributed by atoms with Gasteiger partial charge in [-0.1, -0.05) is 6.07 Å². The summed E-state index contributed by atoms with van der Waals surface area (Å²) in [4.78, 5) is 18.9. The van der Waals surface area contributed by atoms with Gasteiger partial charge in [-0.3, -0.25) is 9.78 Å². The molecular weight excluding hydrogens is 288 g/mol. The fourth-order valence-corrected chi connectivity index (χ4v) is 3.20. The van der Waals surface area contributed by atoms with Gasteiger partial charge in [-0.25, -0.2) is 0 Å². The van der Waals surface area contributed by atoms with Crippen LogP contribution in [-0.2, 0) is 4.79 Å². The van der Waals surface area contributed by atoms with Crippen LogP contribution in [0.1, 0.15) is 50.1 Å². The molecule has 3 rings (SSSR count). The van der Waals surface area contributed by atoms with Gasteiger partial charge >= 0.3 is 0 Å². The van der Waals surface area contributed by atoms with E-state index in [-0.39, 0.29) is 11.6 Å². The van der Waals surface area contributed by atoms with Crippen molar-refractivity contribution in [3.05, 3.63) is 30.1 Å². The van der Waals surface area contributed by atoms with Crippen molar-refractivity contribution in [2.24, 2.45) is 10.2 Å². The molecule has 23 heavy (non-hydrogen) atoms. The van der Waals surface area contributed by atoms with Crippen LogP contribution >= 0.6 is 0 Å². The second-order valence-corrected chi connectivity index (χ2v) is 6.32. The van der Waals surface area contributed by atoms with E-state index in [2.05, 4.69) is 27.2 Å². The Morgan fingerprint density at radius 2 is 2.26 bits per heavy atom. The van der Waals surface area contributed by atoms with Crippen molar-refractivity contribution in [2.75, 3.05) is 13.1 Å². The molecule has 5 nitrogen and oxygen atoms in total. The van der Waals surface area contributed by atoms with E-state index in [1.54, 1.807) is 0 Å². The third kappa shape index (κ3) is 3.95. The summed E-state index contributed by atoms with van der Waals surface area (Å²) in [7, 11) is 0. The summed E-state index contributed by atoms with van der Waals surface area (Å²) in [5, 5.41) is 8.20. The molecule has 0 unspecified atom stereocenters. The van der Waals surface area contributed by atoms with Gasteiger partial charge in [0.2, 0.25) is 5.91 Å². The smallest absolute Gasteiger partial charge is 0.222 e. The van der Waals surface area contributed by atoms with Crippen molar-refractivity contribution in [1.29, 1.82) is 0 Å². The number of rotatable bonds is 6. The van der Waals surface area contributed by atoms with Crippen LogP contribution in [0.4, 0.5) is 0 Å². The van der Waals surface area contributed by atoms with E-state index in [0.717, 1.165) is 38.0 Å². The molecule has 0 aromatic carbocycles. The highest BCUT2D eigenvalue weighted by Crippen LogP contribution is 2.38. The molecule has 1 fully saturated rings. The lowest BCUT2D eigenvalue weighted by atomic mass is 9.93. The van der Waals surface area contributed by atoms with E-state index >= 15 is 0 Å². The van der Waals surface area contributed by atoms with Crippen LogP contribution in [0.3, 0.4) is 0 Å². The van der Waals surface area contributed by atoms with Crippen LogP contribution in [0.25, 0.3) is 0 Å². The molecule has 0 aliphatic carbocycles. The first-order valence-corrected chi connectivity index (χ1v) is 8.29. The standard InChI is InChI=1S/C18H22N4O/c1-2-3-10-18(20-21-18)11-9-17(23)22-13-6-7-15(14-22)16-8-4-5-12-19-16/h1,4-5,8,12,15H,3,6-7,9-11,13-14H2/t15-/m0/s1. The minimum Gasteiger partial charge on any atom is -0.342 e. The molecule has 2 aliphatic rings. The predicted octanol–water partition coefficient (Wildman–Crippen LogP) is 3.14. The van der Waals surface area contributed by atoms with Crippen LogP contribution in [0.2, 0.25) is 0 Å². The number of amides is 1. The number of hydrogen-bond donors (Lipinski definition) is 0. The zero-order valence-corrected chi connectivity index (χ0v) is 13.3. The molecule has 3 heterocycles. The normalized spacial score (nSPS) is 21.7. The lowest BCUT2D eigenvalue weighted by molar-refractivity contribution is -0.132. The largest absolute Gasteiger partial charge is 0.342 e. The SMILES string of the molecule is C#CCCC1(CCC(=O)N2CCC[C@H](c3ccccn3)C2)N=N1. The molecule has 0 radical (unpaired) electrons. The number of nitrogens with zero attached hydrogens (tertiary/aromatic N) is 4. The Hall–Kier alpha value is -2.22. The van der Waals surface area contributed by atoms with Gasteiger partial charge in [0.1, 0.15) is 0 Å². The highest BCUT2D eigenvalue weighted by atomic mass is 16.2. The van der Waals surface area contributed by atoms with Crippen LogP contribution in [-0.4, -0.2) is 34.5 Å². The molecule has 5 heteroatoms. The summed E-state index contributed by atoms with van der Waals surface area (Å²) in [5.41, 5.74) is 0.723. The van der Waals surface area contributed by atoms with Crippen molar-refractivity contribution in [1.82, 2.24) is 9.88 Å². The number of terminal acetylenes is 1. The number of carbonyl (C=O) groups excluding carboxylic acids is 1. The summed E-state index contributed by atoms with van der Waals surface area (Å²) in [6.07, 6.45) is 11.8. The average molecular weight is 310 g/mol. The number of aromatic nitrogens is 1. The Balaban J connectivity index is 1.51. The fraction of sp³-hybridized carbons (Fsp3) is 0.556. The van der Waals surface area contributed by atoms with E-state index in [0.29, 0.717) is 25.2 Å². The first kappa shape index (κ1) is 15.7. The molecule has 1 aromatic rings. The molecule has 0 saturated carbocycles. The van der Waals surface area contributed by atoms with Crippen molar-refractivity contribution >= 4 is 5.91 Å². The molecule has 0 bridgehead atoms. The van der Waals surface area contributed by atoms with Gasteiger partial charge in [0.25, 0.3) is 0 Å². The maximum Gasteiger partial charge on any atom is 0.222 e. The summed E-state index contributed by atoms with van der Waals surface area (Å²) >= 11 is 0. The molecule has 0 N–H and O–H groups in total. The third-order valence-corrected chi connectivity index (χ3v) is 4.67. The highest BCUT2D eigenvalue weighted by molar-refractivity contribution is 5.76. The van der Waals surface area contributed by atoms with E-state index in [1.165, 1.54) is 0 Å². The van der Waals surface area contributed by atoms with E-state index < -0.39 is 0 Å². The molecule has 1 saturated heterocycles. The molecule has 1 atom stereocenters. The summed E-state index contributed by atoms with van der Waals surface area (Å²) in [6.45, 7) is 1.61. The monoisotopic (exact) mass is 310 g/mol. The van der Waals surface area contributed by atoms with Crippen molar-refractivity contribution in [3.63, 3.8) is 0 Å². The lowest BCUT2D eigenvalue weighted by Gasteiger charge is -2.32. The van der Waals surface area contributed by atoms with E-state index in [1.807, 2.05) is 23.2 Å². The molecular formula is C18H22N4O. The summed E-state index contributed by atoms with van der Waals surface area (Å²) in [5.74, 6) is 3.16. The Bertz CT molecular complexity index is 614. The second-order valence-electron chi connectivity index (χ2n) is 6.32. The van der Waals surface area contributed by atoms with Gasteiger partial charge in [-0.2, -0.15) is 10.2 Å². The lowest BCUT2D eigenvalue weighted by Crippen LogP contribution is -2.39. The Morgan fingerprint density at radius 3 is 2.96 bits per heavy atom. The third-order valence-electron chi connectivity index (χ3n) is 4.67. The number of piperidine rings is 1. The van der Waals surface area contributed by atoms with Crippen LogP contribution in [0.15, 0.2) is 34.6 Å². The minimum absolute atomic E-state index is 0.197. The number of carbonyl (C=O) groups is 1. The molecule has 0 spiro atoms. The zero-order valence-electron chi connectivity index (χ0n) is 13.3. The maximum absolute atomic E-state index is 12.5. The quantitative estimate of drug-likeness (QED) is 0.758. The van der Waals surface area contributed by atoms with Gasteiger partial charge in [-0.15, -0.1) is 12.3 Å². The van der Waals surface area contributed by atoms with E-state index in [9.17, 15) is 4.79 Å². The Kier molecular flexibility index (Phi) is 4.71. The Morgan fingerprint density at radius 1 is 1.39 bits per heavy atom. The first-order valence-electron chi connectivity index (χ1n) is 8.29. The van der Waals surface area contributed by atoms with Gasteiger partial charge in [0.05, 0.1) is 0 Å². The van der Waals surface area contributed by atoms with Gasteiger partial charge in [0.15, 0.2) is 5.66 Å². The minimum atomic E-state index is -0.363. The maximum atomic E-state index is 12.5. The van der Waals surface area contributed by atoms with Crippen molar-refractivity contribution in [3.8, 4) is 12.3 Å². The van der Waals surface area contributed by atoms with Crippen LogP contribution in [0.5, 0.6) is 0 Å². The van der Waals surface area contributed by atoms with Crippen molar-refractivity contribution < 1.29 is 4.79 Å². The Labute approximate surface area is 137 Å². The van der Waals surface area contributed by atoms with Crippen molar-refractivity contribution in [2.45, 2.75) is 50.1 Å². The zero-order chi connectivity index (χ0) is 16.1. The average Bonchev–Trinajstić information content (AvgIpc) is 3.39. The molecule has 2 aliphatic heterocycles. The summed E-state index contributed by atoms with van der Waals surface area (Å²) < 4.78 is 0. The topological polar surface area (TPSA) is 57.9 Å². The van der Waals surface area contributed by atoms with Gasteiger partial charge in [0, 0.05) is 56.6 Å².